The number of imidazole rings is 1. The second kappa shape index (κ2) is 8.15. The van der Waals surface area contributed by atoms with Crippen molar-refractivity contribution in [2.24, 2.45) is 7.05 Å². The SMILES string of the molecule is CNC(C)CNC(=O)CCc1nc2cc(S(=O)(=O)N(C)C)ccc2n1C. The lowest BCUT2D eigenvalue weighted by atomic mass is 10.2. The fourth-order valence-corrected chi connectivity index (χ4v) is 3.43. The summed E-state index contributed by atoms with van der Waals surface area (Å²) in [7, 11) is 3.21. The summed E-state index contributed by atoms with van der Waals surface area (Å²) in [6.07, 6.45) is 0.817. The van der Waals surface area contributed by atoms with Gasteiger partial charge in [-0.05, 0) is 32.2 Å². The van der Waals surface area contributed by atoms with Gasteiger partial charge >= 0.3 is 0 Å². The standard InChI is InChI=1S/C17H27N5O3S/c1-12(18-2)11-19-17(23)9-8-16-20-14-10-13(26(24,25)21(3)4)6-7-15(14)22(16)5/h6-7,10,12,18H,8-9,11H2,1-5H3,(H,19,23). The summed E-state index contributed by atoms with van der Waals surface area (Å²) in [6.45, 7) is 2.56. The second-order valence-electron chi connectivity index (χ2n) is 6.52. The highest BCUT2D eigenvalue weighted by atomic mass is 32.2. The Balaban J connectivity index is 2.15. The third-order valence-corrected chi connectivity index (χ3v) is 6.21. The largest absolute Gasteiger partial charge is 0.355 e. The topological polar surface area (TPSA) is 96.3 Å². The smallest absolute Gasteiger partial charge is 0.242 e. The molecule has 1 aromatic heterocycles. The summed E-state index contributed by atoms with van der Waals surface area (Å²) in [5.41, 5.74) is 1.44. The maximum absolute atomic E-state index is 12.3. The van der Waals surface area contributed by atoms with Crippen LogP contribution in [0, 0.1) is 0 Å². The van der Waals surface area contributed by atoms with Crippen molar-refractivity contribution in [2.75, 3.05) is 27.7 Å². The van der Waals surface area contributed by atoms with Crippen LogP contribution < -0.4 is 10.6 Å². The number of benzene rings is 1. The highest BCUT2D eigenvalue weighted by Gasteiger charge is 2.19. The van der Waals surface area contributed by atoms with Crippen molar-refractivity contribution in [3.8, 4) is 0 Å². The molecule has 9 heteroatoms. The first kappa shape index (κ1) is 20.3. The Labute approximate surface area is 154 Å². The molecule has 0 fully saturated rings. The molecule has 0 bridgehead atoms. The number of hydrogen-bond donors (Lipinski definition) is 2. The average Bonchev–Trinajstić information content (AvgIpc) is 2.93. The van der Waals surface area contributed by atoms with Crippen LogP contribution in [0.2, 0.25) is 0 Å². The van der Waals surface area contributed by atoms with Gasteiger partial charge in [0.2, 0.25) is 15.9 Å². The normalized spacial score (nSPS) is 13.3. The molecule has 2 rings (SSSR count). The van der Waals surface area contributed by atoms with Crippen molar-refractivity contribution in [1.29, 1.82) is 0 Å². The van der Waals surface area contributed by atoms with Gasteiger partial charge in [0.1, 0.15) is 5.82 Å². The van der Waals surface area contributed by atoms with Crippen LogP contribution in [0.15, 0.2) is 23.1 Å². The summed E-state index contributed by atoms with van der Waals surface area (Å²) in [5, 5.41) is 5.94. The van der Waals surface area contributed by atoms with Crippen molar-refractivity contribution in [3.63, 3.8) is 0 Å². The number of fused-ring (bicyclic) bond motifs is 1. The van der Waals surface area contributed by atoms with E-state index in [1.165, 1.54) is 18.4 Å². The molecule has 0 aliphatic carbocycles. The average molecular weight is 382 g/mol. The summed E-state index contributed by atoms with van der Waals surface area (Å²) in [4.78, 5) is 16.7. The zero-order valence-electron chi connectivity index (χ0n) is 15.9. The highest BCUT2D eigenvalue weighted by molar-refractivity contribution is 7.89. The number of carbonyl (C=O) groups excluding carboxylic acids is 1. The van der Waals surface area contributed by atoms with E-state index in [4.69, 9.17) is 0 Å². The summed E-state index contributed by atoms with van der Waals surface area (Å²) < 4.78 is 27.6. The molecule has 0 aliphatic rings. The quantitative estimate of drug-likeness (QED) is 0.693. The molecule has 0 saturated heterocycles. The summed E-state index contributed by atoms with van der Waals surface area (Å²) in [5.74, 6) is 0.714. The van der Waals surface area contributed by atoms with Gasteiger partial charge in [-0.1, -0.05) is 0 Å². The van der Waals surface area contributed by atoms with Gasteiger partial charge in [0.05, 0.1) is 15.9 Å². The molecule has 0 spiro atoms. The molecule has 1 aromatic carbocycles. The third kappa shape index (κ3) is 4.40. The number of likely N-dealkylation sites (N-methyl/N-ethyl adjacent to an activating group) is 1. The molecule has 144 valence electrons. The number of nitrogens with one attached hydrogen (secondary N) is 2. The van der Waals surface area contributed by atoms with E-state index in [0.717, 1.165) is 11.3 Å². The maximum Gasteiger partial charge on any atom is 0.242 e. The lowest BCUT2D eigenvalue weighted by Crippen LogP contribution is -2.37. The lowest BCUT2D eigenvalue weighted by molar-refractivity contribution is -0.121. The predicted molar refractivity (Wildman–Crippen MR) is 101 cm³/mol. The van der Waals surface area contributed by atoms with Crippen molar-refractivity contribution in [1.82, 2.24) is 24.5 Å². The predicted octanol–water partition coefficient (Wildman–Crippen LogP) is 0.480. The van der Waals surface area contributed by atoms with Crippen LogP contribution in [-0.4, -0.2) is 61.9 Å². The van der Waals surface area contributed by atoms with Gasteiger partial charge in [0.25, 0.3) is 0 Å². The molecule has 0 aliphatic heterocycles. The molecule has 0 saturated carbocycles. The van der Waals surface area contributed by atoms with Crippen LogP contribution in [0.25, 0.3) is 11.0 Å². The van der Waals surface area contributed by atoms with E-state index in [9.17, 15) is 13.2 Å². The molecule has 2 aromatic rings. The van der Waals surface area contributed by atoms with Crippen LogP contribution in [0.1, 0.15) is 19.2 Å². The number of carbonyl (C=O) groups is 1. The van der Waals surface area contributed by atoms with Crippen LogP contribution >= 0.6 is 0 Å². The first-order valence-electron chi connectivity index (χ1n) is 8.48. The minimum Gasteiger partial charge on any atom is -0.355 e. The molecule has 8 nitrogen and oxygen atoms in total. The van der Waals surface area contributed by atoms with Crippen LogP contribution in [0.4, 0.5) is 0 Å². The lowest BCUT2D eigenvalue weighted by Gasteiger charge is -2.11. The fraction of sp³-hybridized carbons (Fsp3) is 0.529. The molecule has 1 atom stereocenters. The Morgan fingerprint density at radius 1 is 1.35 bits per heavy atom. The van der Waals surface area contributed by atoms with Gasteiger partial charge < -0.3 is 15.2 Å². The number of nitrogens with zero attached hydrogens (tertiary/aromatic N) is 3. The van der Waals surface area contributed by atoms with E-state index in [-0.39, 0.29) is 16.8 Å². The Bertz CT molecular complexity index is 889. The number of hydrogen-bond acceptors (Lipinski definition) is 5. The minimum atomic E-state index is -3.50. The number of aryl methyl sites for hydroxylation is 2. The van der Waals surface area contributed by atoms with Gasteiger partial charge in [0.15, 0.2) is 0 Å². The van der Waals surface area contributed by atoms with Crippen molar-refractivity contribution in [3.05, 3.63) is 24.0 Å². The van der Waals surface area contributed by atoms with Gasteiger partial charge in [-0.25, -0.2) is 17.7 Å². The zero-order valence-corrected chi connectivity index (χ0v) is 16.7. The monoisotopic (exact) mass is 381 g/mol. The van der Waals surface area contributed by atoms with Gasteiger partial charge in [-0.3, -0.25) is 4.79 Å². The summed E-state index contributed by atoms with van der Waals surface area (Å²) in [6, 6.07) is 5.11. The Morgan fingerprint density at radius 3 is 2.65 bits per heavy atom. The van der Waals surface area contributed by atoms with E-state index < -0.39 is 10.0 Å². The van der Waals surface area contributed by atoms with Crippen LogP contribution in [0.3, 0.4) is 0 Å². The number of amides is 1. The van der Waals surface area contributed by atoms with E-state index in [2.05, 4.69) is 15.6 Å². The molecule has 2 N–H and O–H groups in total. The second-order valence-corrected chi connectivity index (χ2v) is 8.67. The highest BCUT2D eigenvalue weighted by Crippen LogP contribution is 2.21. The van der Waals surface area contributed by atoms with Gasteiger partial charge in [-0.15, -0.1) is 0 Å². The maximum atomic E-state index is 12.3. The van der Waals surface area contributed by atoms with E-state index in [0.29, 0.717) is 24.9 Å². The van der Waals surface area contributed by atoms with E-state index >= 15 is 0 Å². The van der Waals surface area contributed by atoms with Crippen molar-refractivity contribution in [2.45, 2.75) is 30.7 Å². The molecule has 1 unspecified atom stereocenters. The Hall–Kier alpha value is -1.97. The molecule has 26 heavy (non-hydrogen) atoms. The van der Waals surface area contributed by atoms with Crippen LogP contribution in [0.5, 0.6) is 0 Å². The Kier molecular flexibility index (Phi) is 6.38. The number of rotatable bonds is 8. The van der Waals surface area contributed by atoms with Gasteiger partial charge in [0, 0.05) is 46.6 Å². The minimum absolute atomic E-state index is 0.0324. The molecule has 1 heterocycles. The third-order valence-electron chi connectivity index (χ3n) is 4.40. The Morgan fingerprint density at radius 2 is 2.04 bits per heavy atom. The van der Waals surface area contributed by atoms with Crippen LogP contribution in [-0.2, 0) is 28.3 Å². The number of sulfonamides is 1. The number of aromatic nitrogens is 2. The molecular formula is C17H27N5O3S. The molecule has 1 amide bonds. The molecular weight excluding hydrogens is 354 g/mol. The fourth-order valence-electron chi connectivity index (χ4n) is 2.51. The van der Waals surface area contributed by atoms with Crippen molar-refractivity contribution < 1.29 is 13.2 Å². The van der Waals surface area contributed by atoms with E-state index in [1.807, 2.05) is 25.6 Å². The van der Waals surface area contributed by atoms with E-state index in [1.54, 1.807) is 18.2 Å². The first-order valence-corrected chi connectivity index (χ1v) is 9.92. The zero-order chi connectivity index (χ0) is 19.5. The van der Waals surface area contributed by atoms with Gasteiger partial charge in [-0.2, -0.15) is 0 Å². The van der Waals surface area contributed by atoms with Crippen molar-refractivity contribution >= 4 is 27.0 Å². The summed E-state index contributed by atoms with van der Waals surface area (Å²) >= 11 is 0. The first-order chi connectivity index (χ1) is 12.2. The molecule has 0 radical (unpaired) electrons.